The molecule has 1 nitrogen and oxygen atoms in total. The lowest BCUT2D eigenvalue weighted by atomic mass is 9.71. The van der Waals surface area contributed by atoms with Crippen LogP contribution in [0.2, 0.25) is 0 Å². The van der Waals surface area contributed by atoms with E-state index in [1.165, 1.54) is 49.4 Å². The number of allylic oxidation sites excluding steroid dienone is 3. The first-order valence-electron chi connectivity index (χ1n) is 16.0. The Balaban J connectivity index is 1.28. The SMILES string of the molecule is CC1(c2ccccc2-c2ccccc2/C(N)=C/C(=C\Cc2ccccc2)c2ccccc2)c2cccc3ccc4cccc1c4c23. The van der Waals surface area contributed by atoms with E-state index < -0.39 is 0 Å². The van der Waals surface area contributed by atoms with Crippen LogP contribution in [0.15, 0.2) is 170 Å². The molecule has 0 spiro atoms. The highest BCUT2D eigenvalue weighted by atomic mass is 14.6. The fraction of sp³-hybridized carbons (Fsp3) is 0.0667. The quantitative estimate of drug-likeness (QED) is 0.145. The molecule has 0 radical (unpaired) electrons. The summed E-state index contributed by atoms with van der Waals surface area (Å²) in [6.45, 7) is 2.40. The van der Waals surface area contributed by atoms with E-state index in [2.05, 4.69) is 177 Å². The van der Waals surface area contributed by atoms with Gasteiger partial charge in [0.1, 0.15) is 0 Å². The lowest BCUT2D eigenvalue weighted by molar-refractivity contribution is 0.718. The zero-order valence-electron chi connectivity index (χ0n) is 26.0. The molecule has 0 amide bonds. The van der Waals surface area contributed by atoms with Crippen LogP contribution in [0.25, 0.3) is 43.9 Å². The molecule has 2 N–H and O–H groups in total. The summed E-state index contributed by atoms with van der Waals surface area (Å²) in [6.07, 6.45) is 5.26. The molecular weight excluding hydrogens is 555 g/mol. The highest BCUT2D eigenvalue weighted by molar-refractivity contribution is 6.15. The molecule has 7 aromatic rings. The van der Waals surface area contributed by atoms with Gasteiger partial charge in [-0.05, 0) is 85.5 Å². The summed E-state index contributed by atoms with van der Waals surface area (Å²) in [5, 5.41) is 5.33. The van der Waals surface area contributed by atoms with Gasteiger partial charge in [0, 0.05) is 16.7 Å². The Hall–Kier alpha value is -5.66. The summed E-state index contributed by atoms with van der Waals surface area (Å²) in [5.74, 6) is 0. The third-order valence-electron chi connectivity index (χ3n) is 9.78. The molecule has 1 aliphatic rings. The number of benzene rings is 7. The van der Waals surface area contributed by atoms with Crippen LogP contribution in [0.4, 0.5) is 0 Å². The second-order valence-corrected chi connectivity index (χ2v) is 12.4. The van der Waals surface area contributed by atoms with Gasteiger partial charge < -0.3 is 5.73 Å². The second-order valence-electron chi connectivity index (χ2n) is 12.4. The van der Waals surface area contributed by atoms with E-state index in [0.717, 1.165) is 34.4 Å². The van der Waals surface area contributed by atoms with Gasteiger partial charge in [0.15, 0.2) is 0 Å². The Morgan fingerprint density at radius 3 is 1.76 bits per heavy atom. The van der Waals surface area contributed by atoms with Crippen molar-refractivity contribution in [1.82, 2.24) is 0 Å². The van der Waals surface area contributed by atoms with E-state index in [9.17, 15) is 0 Å². The first-order chi connectivity index (χ1) is 22.6. The molecule has 46 heavy (non-hydrogen) atoms. The molecule has 1 heteroatoms. The summed E-state index contributed by atoms with van der Waals surface area (Å²) in [4.78, 5) is 0. The van der Waals surface area contributed by atoms with Gasteiger partial charge in [-0.1, -0.05) is 164 Å². The molecule has 0 saturated carbocycles. The van der Waals surface area contributed by atoms with Crippen molar-refractivity contribution in [2.24, 2.45) is 5.73 Å². The van der Waals surface area contributed by atoms with E-state index in [4.69, 9.17) is 5.73 Å². The first kappa shape index (κ1) is 27.9. The van der Waals surface area contributed by atoms with Crippen LogP contribution in [0, 0.1) is 0 Å². The minimum absolute atomic E-state index is 0.324. The van der Waals surface area contributed by atoms with Gasteiger partial charge in [0.05, 0.1) is 0 Å². The average molecular weight is 590 g/mol. The van der Waals surface area contributed by atoms with Crippen LogP contribution < -0.4 is 5.73 Å². The monoisotopic (exact) mass is 589 g/mol. The summed E-state index contributed by atoms with van der Waals surface area (Å²) >= 11 is 0. The zero-order valence-corrected chi connectivity index (χ0v) is 26.0. The molecule has 0 fully saturated rings. The smallest absolute Gasteiger partial charge is 0.0442 e. The molecule has 0 saturated heterocycles. The van der Waals surface area contributed by atoms with Crippen molar-refractivity contribution in [3.8, 4) is 11.1 Å². The minimum Gasteiger partial charge on any atom is -0.398 e. The maximum atomic E-state index is 7.09. The largest absolute Gasteiger partial charge is 0.398 e. The molecule has 1 aliphatic carbocycles. The van der Waals surface area contributed by atoms with Crippen molar-refractivity contribution in [2.75, 3.05) is 0 Å². The third kappa shape index (κ3) is 4.55. The normalized spacial score (nSPS) is 13.9. The number of hydrogen-bond donors (Lipinski definition) is 1. The molecule has 0 heterocycles. The van der Waals surface area contributed by atoms with Crippen LogP contribution in [-0.2, 0) is 11.8 Å². The second kappa shape index (κ2) is 11.4. The standard InChI is InChI=1S/C45H35N/c1-45(40-24-12-18-33-28-29-34-19-13-25-41(45)44(34)43(33)40)39-23-11-10-21-37(39)36-20-8-9-22-38(36)42(46)30-35(32-16-6-3-7-17-32)27-26-31-14-4-2-5-15-31/h2-25,27-30H,26,46H2,1H3/b35-27+,42-30-. The summed E-state index contributed by atoms with van der Waals surface area (Å²) < 4.78 is 0. The topological polar surface area (TPSA) is 26.0 Å². The Kier molecular flexibility index (Phi) is 6.88. The molecule has 0 aliphatic heterocycles. The molecule has 7 aromatic carbocycles. The average Bonchev–Trinajstić information content (AvgIpc) is 3.40. The Morgan fingerprint density at radius 2 is 1.09 bits per heavy atom. The van der Waals surface area contributed by atoms with Crippen LogP contribution in [0.5, 0.6) is 0 Å². The number of hydrogen-bond acceptors (Lipinski definition) is 1. The summed E-state index contributed by atoms with van der Waals surface area (Å²) in [6, 6.07) is 56.7. The van der Waals surface area contributed by atoms with Gasteiger partial charge >= 0.3 is 0 Å². The van der Waals surface area contributed by atoms with Gasteiger partial charge in [-0.3, -0.25) is 0 Å². The third-order valence-corrected chi connectivity index (χ3v) is 9.78. The lowest BCUT2D eigenvalue weighted by Gasteiger charge is -2.31. The van der Waals surface area contributed by atoms with Crippen molar-refractivity contribution >= 4 is 32.8 Å². The van der Waals surface area contributed by atoms with Crippen LogP contribution >= 0.6 is 0 Å². The Labute approximate surface area is 271 Å². The van der Waals surface area contributed by atoms with Crippen molar-refractivity contribution < 1.29 is 0 Å². The fourth-order valence-corrected chi connectivity index (χ4v) is 7.53. The molecule has 0 aromatic heterocycles. The van der Waals surface area contributed by atoms with Gasteiger partial charge in [0.2, 0.25) is 0 Å². The van der Waals surface area contributed by atoms with Crippen LogP contribution in [0.1, 0.15) is 40.3 Å². The molecule has 0 unspecified atom stereocenters. The molecule has 220 valence electrons. The Bertz CT molecular complexity index is 2230. The van der Waals surface area contributed by atoms with E-state index in [1.807, 2.05) is 0 Å². The van der Waals surface area contributed by atoms with E-state index in [1.54, 1.807) is 0 Å². The number of rotatable bonds is 7. The first-order valence-corrected chi connectivity index (χ1v) is 16.0. The molecule has 0 bridgehead atoms. The number of nitrogens with two attached hydrogens (primary N) is 1. The molecule has 8 rings (SSSR count). The van der Waals surface area contributed by atoms with Crippen molar-refractivity contribution in [1.29, 1.82) is 0 Å². The zero-order chi connectivity index (χ0) is 31.1. The van der Waals surface area contributed by atoms with Crippen LogP contribution in [-0.4, -0.2) is 0 Å². The predicted octanol–water partition coefficient (Wildman–Crippen LogP) is 11.0. The van der Waals surface area contributed by atoms with Gasteiger partial charge in [0.25, 0.3) is 0 Å². The van der Waals surface area contributed by atoms with Gasteiger partial charge in [-0.15, -0.1) is 0 Å². The highest BCUT2D eigenvalue weighted by Crippen LogP contribution is 2.54. The molecule has 0 atom stereocenters. The van der Waals surface area contributed by atoms with Crippen molar-refractivity contribution in [3.05, 3.63) is 203 Å². The van der Waals surface area contributed by atoms with Crippen molar-refractivity contribution in [3.63, 3.8) is 0 Å². The Morgan fingerprint density at radius 1 is 0.543 bits per heavy atom. The molecular formula is C45H35N. The van der Waals surface area contributed by atoms with Crippen LogP contribution in [0.3, 0.4) is 0 Å². The maximum absolute atomic E-state index is 7.09. The van der Waals surface area contributed by atoms with E-state index in [-0.39, 0.29) is 5.41 Å². The van der Waals surface area contributed by atoms with Crippen molar-refractivity contribution in [2.45, 2.75) is 18.8 Å². The van der Waals surface area contributed by atoms with E-state index >= 15 is 0 Å². The fourth-order valence-electron chi connectivity index (χ4n) is 7.53. The van der Waals surface area contributed by atoms with E-state index in [0.29, 0.717) is 0 Å². The summed E-state index contributed by atoms with van der Waals surface area (Å²) in [7, 11) is 0. The summed E-state index contributed by atoms with van der Waals surface area (Å²) in [5.41, 5.74) is 18.4. The maximum Gasteiger partial charge on any atom is 0.0442 e. The lowest BCUT2D eigenvalue weighted by Crippen LogP contribution is -2.23. The minimum atomic E-state index is -0.324. The van der Waals surface area contributed by atoms with Gasteiger partial charge in [-0.2, -0.15) is 0 Å². The van der Waals surface area contributed by atoms with Gasteiger partial charge in [-0.25, -0.2) is 0 Å². The highest BCUT2D eigenvalue weighted by Gasteiger charge is 2.40. The predicted molar refractivity (Wildman–Crippen MR) is 196 cm³/mol.